The quantitative estimate of drug-likeness (QED) is 0.615. The molecule has 0 saturated carbocycles. The number of hydrogen-bond donors (Lipinski definition) is 1. The molecule has 1 N–H and O–H groups in total. The van der Waals surface area contributed by atoms with Crippen molar-refractivity contribution < 1.29 is 9.59 Å². The predicted molar refractivity (Wildman–Crippen MR) is 113 cm³/mol. The van der Waals surface area contributed by atoms with Crippen molar-refractivity contribution in [2.24, 2.45) is 0 Å². The Labute approximate surface area is 165 Å². The first-order chi connectivity index (χ1) is 13.3. The summed E-state index contributed by atoms with van der Waals surface area (Å²) in [5, 5.41) is 2.89. The number of rotatable bonds is 4. The molecular formula is C24H24N2O2. The maximum absolute atomic E-state index is 12.5. The molecule has 0 spiro atoms. The zero-order chi connectivity index (χ0) is 20.3. The minimum Gasteiger partial charge on any atom is -0.322 e. The molecule has 0 saturated heterocycles. The number of nitrogens with one attached hydrogen (secondary N) is 1. The normalized spacial score (nSPS) is 11.1. The van der Waals surface area contributed by atoms with Crippen LogP contribution in [0.25, 0.3) is 11.3 Å². The fourth-order valence-corrected chi connectivity index (χ4v) is 2.96. The average Bonchev–Trinajstić information content (AvgIpc) is 2.68. The fraction of sp³-hybridized carbons (Fsp3) is 0.208. The van der Waals surface area contributed by atoms with Gasteiger partial charge in [-0.1, -0.05) is 57.2 Å². The molecule has 28 heavy (non-hydrogen) atoms. The van der Waals surface area contributed by atoms with Crippen LogP contribution < -0.4 is 5.32 Å². The maximum atomic E-state index is 12.5. The van der Waals surface area contributed by atoms with E-state index in [1.807, 2.05) is 42.5 Å². The number of aromatic nitrogens is 1. The molecule has 0 aliphatic rings. The Morgan fingerprint density at radius 2 is 1.57 bits per heavy atom. The molecular weight excluding hydrogens is 348 g/mol. The average molecular weight is 372 g/mol. The van der Waals surface area contributed by atoms with Crippen LogP contribution >= 0.6 is 0 Å². The van der Waals surface area contributed by atoms with Crippen LogP contribution in [0.1, 0.15) is 54.0 Å². The molecule has 0 unspecified atom stereocenters. The van der Waals surface area contributed by atoms with Gasteiger partial charge in [-0.25, -0.2) is 0 Å². The maximum Gasteiger partial charge on any atom is 0.257 e. The SMILES string of the molecule is CC(=O)c1ccccc1-c1ccc(C(=O)Nc2ccc(C(C)(C)C)cc2)cn1. The molecule has 3 aromatic rings. The van der Waals surface area contributed by atoms with Gasteiger partial charge in [0.1, 0.15) is 0 Å². The number of carbonyl (C=O) groups is 2. The topological polar surface area (TPSA) is 59.1 Å². The van der Waals surface area contributed by atoms with Crippen molar-refractivity contribution in [1.29, 1.82) is 0 Å². The van der Waals surface area contributed by atoms with Crippen LogP contribution in [0.15, 0.2) is 66.9 Å². The lowest BCUT2D eigenvalue weighted by Gasteiger charge is -2.19. The second kappa shape index (κ2) is 7.77. The number of pyridine rings is 1. The van der Waals surface area contributed by atoms with E-state index < -0.39 is 0 Å². The van der Waals surface area contributed by atoms with E-state index in [9.17, 15) is 9.59 Å². The minimum absolute atomic E-state index is 0.0158. The van der Waals surface area contributed by atoms with E-state index in [1.54, 1.807) is 18.2 Å². The van der Waals surface area contributed by atoms with Gasteiger partial charge in [0.25, 0.3) is 5.91 Å². The number of amides is 1. The van der Waals surface area contributed by atoms with Crippen molar-refractivity contribution in [1.82, 2.24) is 4.98 Å². The number of benzene rings is 2. The van der Waals surface area contributed by atoms with E-state index in [-0.39, 0.29) is 17.1 Å². The summed E-state index contributed by atoms with van der Waals surface area (Å²) in [5.41, 5.74) is 4.52. The highest BCUT2D eigenvalue weighted by atomic mass is 16.1. The summed E-state index contributed by atoms with van der Waals surface area (Å²) in [6.45, 7) is 7.99. The van der Waals surface area contributed by atoms with Gasteiger partial charge in [-0.15, -0.1) is 0 Å². The molecule has 1 amide bonds. The Hall–Kier alpha value is -3.27. The molecule has 0 fully saturated rings. The number of anilines is 1. The highest BCUT2D eigenvalue weighted by Crippen LogP contribution is 2.24. The lowest BCUT2D eigenvalue weighted by atomic mass is 9.87. The number of Topliss-reactive ketones (excluding diaryl/α,β-unsaturated/α-hetero) is 1. The monoisotopic (exact) mass is 372 g/mol. The van der Waals surface area contributed by atoms with Gasteiger partial charge in [0.05, 0.1) is 11.3 Å². The number of nitrogens with zero attached hydrogens (tertiary/aromatic N) is 1. The smallest absolute Gasteiger partial charge is 0.257 e. The Morgan fingerprint density at radius 3 is 2.14 bits per heavy atom. The van der Waals surface area contributed by atoms with Gasteiger partial charge in [-0.05, 0) is 42.2 Å². The highest BCUT2D eigenvalue weighted by Gasteiger charge is 2.14. The van der Waals surface area contributed by atoms with Crippen LogP contribution in [0.2, 0.25) is 0 Å². The van der Waals surface area contributed by atoms with Crippen molar-refractivity contribution in [3.63, 3.8) is 0 Å². The third kappa shape index (κ3) is 4.34. The molecule has 0 bridgehead atoms. The van der Waals surface area contributed by atoms with E-state index >= 15 is 0 Å². The third-order valence-electron chi connectivity index (χ3n) is 4.62. The number of carbonyl (C=O) groups excluding carboxylic acids is 2. The van der Waals surface area contributed by atoms with Crippen molar-refractivity contribution in [2.75, 3.05) is 5.32 Å². The van der Waals surface area contributed by atoms with Crippen molar-refractivity contribution in [3.8, 4) is 11.3 Å². The summed E-state index contributed by atoms with van der Waals surface area (Å²) in [6, 6.07) is 18.7. The van der Waals surface area contributed by atoms with Gasteiger partial charge < -0.3 is 5.32 Å². The van der Waals surface area contributed by atoms with E-state index in [1.165, 1.54) is 18.7 Å². The van der Waals surface area contributed by atoms with Crippen LogP contribution in [-0.2, 0) is 5.41 Å². The van der Waals surface area contributed by atoms with Gasteiger partial charge >= 0.3 is 0 Å². The van der Waals surface area contributed by atoms with Gasteiger partial charge in [0.2, 0.25) is 0 Å². The molecule has 2 aromatic carbocycles. The second-order valence-corrected chi connectivity index (χ2v) is 7.82. The Morgan fingerprint density at radius 1 is 0.893 bits per heavy atom. The molecule has 1 aromatic heterocycles. The van der Waals surface area contributed by atoms with Gasteiger partial charge in [-0.3, -0.25) is 14.6 Å². The van der Waals surface area contributed by atoms with Gasteiger partial charge in [0.15, 0.2) is 5.78 Å². The lowest BCUT2D eigenvalue weighted by molar-refractivity contribution is 0.101. The largest absolute Gasteiger partial charge is 0.322 e. The van der Waals surface area contributed by atoms with E-state index in [2.05, 4.69) is 31.1 Å². The molecule has 142 valence electrons. The van der Waals surface area contributed by atoms with Crippen LogP contribution in [0.3, 0.4) is 0 Å². The highest BCUT2D eigenvalue weighted by molar-refractivity contribution is 6.04. The molecule has 0 atom stereocenters. The lowest BCUT2D eigenvalue weighted by Crippen LogP contribution is -2.14. The third-order valence-corrected chi connectivity index (χ3v) is 4.62. The molecule has 0 radical (unpaired) electrons. The number of hydrogen-bond acceptors (Lipinski definition) is 3. The molecule has 0 aliphatic carbocycles. The van der Waals surface area contributed by atoms with Crippen molar-refractivity contribution in [2.45, 2.75) is 33.1 Å². The Kier molecular flexibility index (Phi) is 5.41. The van der Waals surface area contributed by atoms with Gasteiger partial charge in [-0.2, -0.15) is 0 Å². The van der Waals surface area contributed by atoms with Crippen LogP contribution in [-0.4, -0.2) is 16.7 Å². The fourth-order valence-electron chi connectivity index (χ4n) is 2.96. The standard InChI is InChI=1S/C24H24N2O2/c1-16(27)20-7-5-6-8-21(20)22-14-9-17(15-25-22)23(28)26-19-12-10-18(11-13-19)24(2,3)4/h5-15H,1-4H3,(H,26,28). The first kappa shape index (κ1) is 19.5. The van der Waals surface area contributed by atoms with Gasteiger partial charge in [0, 0.05) is 23.0 Å². The van der Waals surface area contributed by atoms with Crippen molar-refractivity contribution >= 4 is 17.4 Å². The van der Waals surface area contributed by atoms with E-state index in [0.717, 1.165) is 11.3 Å². The Bertz CT molecular complexity index is 998. The summed E-state index contributed by atoms with van der Waals surface area (Å²) in [4.78, 5) is 28.7. The van der Waals surface area contributed by atoms with Crippen LogP contribution in [0.5, 0.6) is 0 Å². The van der Waals surface area contributed by atoms with E-state index in [4.69, 9.17) is 0 Å². The molecule has 1 heterocycles. The summed E-state index contributed by atoms with van der Waals surface area (Å²) < 4.78 is 0. The summed E-state index contributed by atoms with van der Waals surface area (Å²) in [5.74, 6) is -0.236. The second-order valence-electron chi connectivity index (χ2n) is 7.82. The minimum atomic E-state index is -0.220. The molecule has 4 heteroatoms. The zero-order valence-corrected chi connectivity index (χ0v) is 16.6. The zero-order valence-electron chi connectivity index (χ0n) is 16.6. The van der Waals surface area contributed by atoms with Crippen LogP contribution in [0.4, 0.5) is 5.69 Å². The molecule has 4 nitrogen and oxygen atoms in total. The Balaban J connectivity index is 1.77. The van der Waals surface area contributed by atoms with Crippen molar-refractivity contribution in [3.05, 3.63) is 83.6 Å². The molecule has 0 aliphatic heterocycles. The summed E-state index contributed by atoms with van der Waals surface area (Å²) in [6.07, 6.45) is 1.53. The first-order valence-electron chi connectivity index (χ1n) is 9.24. The summed E-state index contributed by atoms with van der Waals surface area (Å²) >= 11 is 0. The predicted octanol–water partition coefficient (Wildman–Crippen LogP) is 5.50. The van der Waals surface area contributed by atoms with E-state index in [0.29, 0.717) is 16.8 Å². The van der Waals surface area contributed by atoms with Crippen LogP contribution in [0, 0.1) is 0 Å². The molecule has 3 rings (SSSR count). The summed E-state index contributed by atoms with van der Waals surface area (Å²) in [7, 11) is 0. The number of ketones is 1. The first-order valence-corrected chi connectivity index (χ1v) is 9.24.